The van der Waals surface area contributed by atoms with Crippen molar-refractivity contribution in [1.82, 2.24) is 8.87 Å². The highest BCUT2D eigenvalue weighted by Crippen LogP contribution is 2.21. The van der Waals surface area contributed by atoms with E-state index in [1.165, 1.54) is 16.4 Å². The van der Waals surface area contributed by atoms with Crippen molar-refractivity contribution < 1.29 is 22.7 Å². The highest BCUT2D eigenvalue weighted by molar-refractivity contribution is 7.89. The Kier molecular flexibility index (Phi) is 7.97. The molecule has 0 spiro atoms. The second-order valence-electron chi connectivity index (χ2n) is 7.25. The quantitative estimate of drug-likeness (QED) is 0.316. The standard InChI is InChI=1S/C23H30N2O5S/c1-7-12-25-17(5)13-21(18(25)6)22(26)15-30-23(27)20-14-19(11-10-16(20)4)31(28,29)24(8-2)9-3/h7,10-11,13-14H,1,8-9,12,15H2,2-6H3. The van der Waals surface area contributed by atoms with Crippen LogP contribution in [0.25, 0.3) is 0 Å². The van der Waals surface area contributed by atoms with Crippen LogP contribution >= 0.6 is 0 Å². The molecule has 1 aromatic heterocycles. The fourth-order valence-corrected chi connectivity index (χ4v) is 4.96. The Morgan fingerprint density at radius 1 is 1.10 bits per heavy atom. The minimum Gasteiger partial charge on any atom is -0.454 e. The zero-order valence-corrected chi connectivity index (χ0v) is 19.6. The normalized spacial score (nSPS) is 11.5. The third-order valence-electron chi connectivity index (χ3n) is 5.29. The summed E-state index contributed by atoms with van der Waals surface area (Å²) in [6.45, 7) is 13.4. The Hall–Kier alpha value is -2.71. The van der Waals surface area contributed by atoms with Crippen molar-refractivity contribution in [2.75, 3.05) is 19.7 Å². The molecule has 0 amide bonds. The molecule has 0 saturated carbocycles. The van der Waals surface area contributed by atoms with Crippen LogP contribution in [0.15, 0.2) is 41.8 Å². The lowest BCUT2D eigenvalue weighted by Crippen LogP contribution is -2.30. The summed E-state index contributed by atoms with van der Waals surface area (Å²) in [7, 11) is -3.71. The van der Waals surface area contributed by atoms with E-state index in [1.807, 2.05) is 18.4 Å². The van der Waals surface area contributed by atoms with Crippen molar-refractivity contribution in [3.05, 3.63) is 65.0 Å². The molecule has 0 aliphatic heterocycles. The monoisotopic (exact) mass is 446 g/mol. The smallest absolute Gasteiger partial charge is 0.338 e. The SMILES string of the molecule is C=CCn1c(C)cc(C(=O)COC(=O)c2cc(S(=O)(=O)N(CC)CC)ccc2C)c1C. The number of sulfonamides is 1. The molecule has 0 atom stereocenters. The Balaban J connectivity index is 2.22. The molecule has 31 heavy (non-hydrogen) atoms. The highest BCUT2D eigenvalue weighted by atomic mass is 32.2. The van der Waals surface area contributed by atoms with Crippen LogP contribution in [0.1, 0.15) is 51.5 Å². The van der Waals surface area contributed by atoms with Gasteiger partial charge in [-0.2, -0.15) is 4.31 Å². The third kappa shape index (κ3) is 5.14. The molecule has 0 aliphatic rings. The summed E-state index contributed by atoms with van der Waals surface area (Å²) >= 11 is 0. The van der Waals surface area contributed by atoms with Crippen LogP contribution in [0.2, 0.25) is 0 Å². The van der Waals surface area contributed by atoms with Crippen molar-refractivity contribution in [3.8, 4) is 0 Å². The van der Waals surface area contributed by atoms with Crippen molar-refractivity contribution >= 4 is 21.8 Å². The van der Waals surface area contributed by atoms with Gasteiger partial charge in [-0.3, -0.25) is 4.79 Å². The molecule has 0 radical (unpaired) electrons. The van der Waals surface area contributed by atoms with Crippen LogP contribution in [0.3, 0.4) is 0 Å². The summed E-state index contributed by atoms with van der Waals surface area (Å²) in [5.41, 5.74) is 2.87. The van der Waals surface area contributed by atoms with Crippen LogP contribution in [-0.2, 0) is 21.3 Å². The van der Waals surface area contributed by atoms with Crippen LogP contribution in [0, 0.1) is 20.8 Å². The minimum atomic E-state index is -3.71. The topological polar surface area (TPSA) is 85.7 Å². The first kappa shape index (κ1) is 24.6. The van der Waals surface area contributed by atoms with Gasteiger partial charge in [0.1, 0.15) is 0 Å². The number of aryl methyl sites for hydroxylation is 2. The maximum atomic E-state index is 12.8. The van der Waals surface area contributed by atoms with E-state index in [-0.39, 0.29) is 16.2 Å². The Morgan fingerprint density at radius 2 is 1.74 bits per heavy atom. The number of benzene rings is 1. The number of ether oxygens (including phenoxy) is 1. The lowest BCUT2D eigenvalue weighted by molar-refractivity contribution is 0.0473. The van der Waals surface area contributed by atoms with Gasteiger partial charge in [0.05, 0.1) is 10.5 Å². The van der Waals surface area contributed by atoms with Gasteiger partial charge in [-0.25, -0.2) is 13.2 Å². The second kappa shape index (κ2) is 10.1. The first-order chi connectivity index (χ1) is 14.6. The number of aromatic nitrogens is 1. The highest BCUT2D eigenvalue weighted by Gasteiger charge is 2.24. The molecular weight excluding hydrogens is 416 g/mol. The molecule has 0 saturated heterocycles. The number of carbonyl (C=O) groups is 2. The molecule has 0 bridgehead atoms. The maximum Gasteiger partial charge on any atom is 0.338 e. The zero-order valence-electron chi connectivity index (χ0n) is 18.8. The predicted octanol–water partition coefficient (Wildman–Crippen LogP) is 3.67. The minimum absolute atomic E-state index is 0.0213. The number of nitrogens with zero attached hydrogens (tertiary/aromatic N) is 2. The van der Waals surface area contributed by atoms with Crippen LogP contribution in [0.4, 0.5) is 0 Å². The molecule has 0 N–H and O–H groups in total. The first-order valence-corrected chi connectivity index (χ1v) is 11.6. The molecule has 168 valence electrons. The number of hydrogen-bond donors (Lipinski definition) is 0. The predicted molar refractivity (Wildman–Crippen MR) is 120 cm³/mol. The third-order valence-corrected chi connectivity index (χ3v) is 7.34. The van der Waals surface area contributed by atoms with E-state index in [0.717, 1.165) is 11.4 Å². The molecule has 1 heterocycles. The molecule has 1 aromatic carbocycles. The summed E-state index contributed by atoms with van der Waals surface area (Å²) < 4.78 is 34.0. The van der Waals surface area contributed by atoms with Gasteiger partial charge in [-0.05, 0) is 44.5 Å². The first-order valence-electron chi connectivity index (χ1n) is 10.2. The number of ketones is 1. The fraction of sp³-hybridized carbons (Fsp3) is 0.391. The van der Waals surface area contributed by atoms with Gasteiger partial charge >= 0.3 is 5.97 Å². The molecule has 7 nitrogen and oxygen atoms in total. The van der Waals surface area contributed by atoms with E-state index in [4.69, 9.17) is 4.74 Å². The van der Waals surface area contributed by atoms with E-state index in [2.05, 4.69) is 6.58 Å². The van der Waals surface area contributed by atoms with Crippen molar-refractivity contribution in [1.29, 1.82) is 0 Å². The van der Waals surface area contributed by atoms with E-state index in [1.54, 1.807) is 39.0 Å². The van der Waals surface area contributed by atoms with Crippen LogP contribution in [-0.4, -0.2) is 48.7 Å². The summed E-state index contributed by atoms with van der Waals surface area (Å²) in [6, 6.07) is 6.11. The van der Waals surface area contributed by atoms with Gasteiger partial charge in [-0.15, -0.1) is 6.58 Å². The molecule has 0 aliphatic carbocycles. The van der Waals surface area contributed by atoms with Crippen molar-refractivity contribution in [2.24, 2.45) is 0 Å². The lowest BCUT2D eigenvalue weighted by atomic mass is 10.1. The van der Waals surface area contributed by atoms with Gasteiger partial charge in [0.15, 0.2) is 6.61 Å². The van der Waals surface area contributed by atoms with E-state index >= 15 is 0 Å². The summed E-state index contributed by atoms with van der Waals surface area (Å²) in [6.07, 6.45) is 1.75. The van der Waals surface area contributed by atoms with Crippen LogP contribution < -0.4 is 0 Å². The molecule has 0 fully saturated rings. The largest absolute Gasteiger partial charge is 0.454 e. The molecular formula is C23H30N2O5S. The molecule has 8 heteroatoms. The van der Waals surface area contributed by atoms with Gasteiger partial charge in [0.25, 0.3) is 0 Å². The summed E-state index contributed by atoms with van der Waals surface area (Å²) in [4.78, 5) is 25.3. The van der Waals surface area contributed by atoms with Gasteiger partial charge in [-0.1, -0.05) is 26.0 Å². The Bertz CT molecular complexity index is 1100. The van der Waals surface area contributed by atoms with Crippen LogP contribution in [0.5, 0.6) is 0 Å². The van der Waals surface area contributed by atoms with E-state index in [9.17, 15) is 18.0 Å². The summed E-state index contributed by atoms with van der Waals surface area (Å²) in [5, 5.41) is 0. The number of allylic oxidation sites excluding steroid dienone is 1. The van der Waals surface area contributed by atoms with Gasteiger partial charge in [0, 0.05) is 36.6 Å². The number of carbonyl (C=O) groups excluding carboxylic acids is 2. The Morgan fingerprint density at radius 3 is 2.32 bits per heavy atom. The van der Waals surface area contributed by atoms with E-state index < -0.39 is 22.6 Å². The molecule has 0 unspecified atom stereocenters. The van der Waals surface area contributed by atoms with Gasteiger partial charge < -0.3 is 9.30 Å². The van der Waals surface area contributed by atoms with E-state index in [0.29, 0.717) is 30.8 Å². The zero-order chi connectivity index (χ0) is 23.3. The fourth-order valence-electron chi connectivity index (χ4n) is 3.47. The number of rotatable bonds is 10. The number of esters is 1. The lowest BCUT2D eigenvalue weighted by Gasteiger charge is -2.19. The molecule has 2 rings (SSSR count). The number of Topliss-reactive ketones (excluding diaryl/α,β-unsaturated/α-hetero) is 1. The number of hydrogen-bond acceptors (Lipinski definition) is 5. The van der Waals surface area contributed by atoms with Crippen molar-refractivity contribution in [3.63, 3.8) is 0 Å². The Labute approximate surface area is 184 Å². The second-order valence-corrected chi connectivity index (χ2v) is 9.19. The molecule has 2 aromatic rings. The average molecular weight is 447 g/mol. The summed E-state index contributed by atoms with van der Waals surface area (Å²) in [5.74, 6) is -1.05. The maximum absolute atomic E-state index is 12.8. The average Bonchev–Trinajstić information content (AvgIpc) is 3.01. The van der Waals surface area contributed by atoms with Gasteiger partial charge in [0.2, 0.25) is 15.8 Å². The van der Waals surface area contributed by atoms with Crippen molar-refractivity contribution in [2.45, 2.75) is 46.1 Å².